The summed E-state index contributed by atoms with van der Waals surface area (Å²) in [5, 5.41) is 1.05. The van der Waals surface area contributed by atoms with Gasteiger partial charge in [0.15, 0.2) is 0 Å². The van der Waals surface area contributed by atoms with Gasteiger partial charge in [0, 0.05) is 24.3 Å². The quantitative estimate of drug-likeness (QED) is 0.752. The van der Waals surface area contributed by atoms with Crippen LogP contribution >= 0.6 is 0 Å². The summed E-state index contributed by atoms with van der Waals surface area (Å²) in [5.74, 6) is -0.556. The molecule has 1 saturated heterocycles. The van der Waals surface area contributed by atoms with Crippen molar-refractivity contribution >= 4 is 28.5 Å². The van der Waals surface area contributed by atoms with Crippen LogP contribution in [0.5, 0.6) is 0 Å². The maximum Gasteiger partial charge on any atom is 0.298 e. The van der Waals surface area contributed by atoms with Crippen LogP contribution in [0.15, 0.2) is 24.3 Å². The van der Waals surface area contributed by atoms with E-state index in [2.05, 4.69) is 0 Å². The lowest BCUT2D eigenvalue weighted by molar-refractivity contribution is -0.147. The van der Waals surface area contributed by atoms with E-state index in [9.17, 15) is 14.4 Å². The van der Waals surface area contributed by atoms with Crippen molar-refractivity contribution < 1.29 is 14.4 Å². The summed E-state index contributed by atoms with van der Waals surface area (Å²) in [4.78, 5) is 40.4. The molecule has 1 aromatic heterocycles. The first-order chi connectivity index (χ1) is 12.1. The molecule has 3 atom stereocenters. The number of piperidine rings is 1. The van der Waals surface area contributed by atoms with Crippen molar-refractivity contribution in [3.05, 3.63) is 35.5 Å². The number of aromatic nitrogens is 1. The molecule has 0 N–H and O–H groups in total. The zero-order valence-electron chi connectivity index (χ0n) is 14.2. The van der Waals surface area contributed by atoms with E-state index in [0.717, 1.165) is 35.0 Å². The molecule has 0 radical (unpaired) electrons. The number of carbonyl (C=O) groups excluding carboxylic acids is 3. The number of rotatable bonds is 1. The summed E-state index contributed by atoms with van der Waals surface area (Å²) >= 11 is 0. The number of carbonyl (C=O) groups is 3. The molecule has 1 aromatic carbocycles. The molecule has 4 heterocycles. The van der Waals surface area contributed by atoms with E-state index in [1.165, 1.54) is 0 Å². The number of amides is 1. The topological polar surface area (TPSA) is 59.4 Å². The molecule has 0 saturated carbocycles. The smallest absolute Gasteiger partial charge is 0.298 e. The summed E-state index contributed by atoms with van der Waals surface area (Å²) in [6.07, 6.45) is 2.49. The van der Waals surface area contributed by atoms with Gasteiger partial charge in [0.05, 0.1) is 17.3 Å². The molecule has 3 aliphatic heterocycles. The lowest BCUT2D eigenvalue weighted by atomic mass is 9.75. The van der Waals surface area contributed by atoms with Gasteiger partial charge in [-0.25, -0.2) is 0 Å². The zero-order valence-corrected chi connectivity index (χ0v) is 14.2. The Hall–Kier alpha value is -2.43. The minimum Gasteiger partial charge on any atom is -0.333 e. The van der Waals surface area contributed by atoms with E-state index in [-0.39, 0.29) is 36.0 Å². The highest BCUT2D eigenvalue weighted by atomic mass is 16.2. The van der Waals surface area contributed by atoms with Crippen LogP contribution in [0.4, 0.5) is 0 Å². The fraction of sp³-hybridized carbons (Fsp3) is 0.450. The lowest BCUT2D eigenvalue weighted by Gasteiger charge is -2.46. The van der Waals surface area contributed by atoms with E-state index in [0.29, 0.717) is 13.0 Å². The van der Waals surface area contributed by atoms with Gasteiger partial charge in [0.2, 0.25) is 11.7 Å². The van der Waals surface area contributed by atoms with E-state index < -0.39 is 5.91 Å². The van der Waals surface area contributed by atoms with Crippen molar-refractivity contribution in [2.75, 3.05) is 6.54 Å². The van der Waals surface area contributed by atoms with Gasteiger partial charge in [-0.3, -0.25) is 19.0 Å². The maximum atomic E-state index is 12.9. The first-order valence-corrected chi connectivity index (χ1v) is 9.12. The second kappa shape index (κ2) is 5.04. The van der Waals surface area contributed by atoms with Gasteiger partial charge in [-0.15, -0.1) is 0 Å². The predicted octanol–water partition coefficient (Wildman–Crippen LogP) is 2.73. The van der Waals surface area contributed by atoms with Gasteiger partial charge < -0.3 is 4.90 Å². The summed E-state index contributed by atoms with van der Waals surface area (Å²) in [7, 11) is 0. The van der Waals surface area contributed by atoms with Crippen molar-refractivity contribution in [3.8, 4) is 0 Å². The number of nitrogens with zero attached hydrogens (tertiary/aromatic N) is 2. The fourth-order valence-electron chi connectivity index (χ4n) is 5.18. The minimum atomic E-state index is -0.436. The molecule has 3 aliphatic rings. The molecule has 0 aliphatic carbocycles. The lowest BCUT2D eigenvalue weighted by Crippen LogP contribution is -2.50. The highest BCUT2D eigenvalue weighted by Gasteiger charge is 2.49. The fourth-order valence-corrected chi connectivity index (χ4v) is 5.18. The van der Waals surface area contributed by atoms with Crippen LogP contribution in [-0.4, -0.2) is 33.6 Å². The second-order valence-electron chi connectivity index (χ2n) is 7.48. The van der Waals surface area contributed by atoms with Crippen LogP contribution < -0.4 is 0 Å². The maximum absolute atomic E-state index is 12.9. The van der Waals surface area contributed by atoms with E-state index >= 15 is 0 Å². The molecule has 0 bridgehead atoms. The average molecular weight is 336 g/mol. The molecule has 128 valence electrons. The molecule has 1 amide bonds. The predicted molar refractivity (Wildman–Crippen MR) is 92.2 cm³/mol. The zero-order chi connectivity index (χ0) is 17.3. The number of para-hydroxylation sites is 1. The summed E-state index contributed by atoms with van der Waals surface area (Å²) < 4.78 is 1.61. The van der Waals surface area contributed by atoms with Gasteiger partial charge >= 0.3 is 0 Å². The van der Waals surface area contributed by atoms with Crippen LogP contribution in [0.25, 0.3) is 10.9 Å². The SMILES string of the molecule is CC[C@@H]1C[C@@H]2CC(=O)C(=O)n3c4c(c5ccccc53)CCN(C1=O)[C@@H]42. The number of benzene rings is 1. The van der Waals surface area contributed by atoms with Crippen molar-refractivity contribution in [2.45, 2.75) is 38.6 Å². The Bertz CT molecular complexity index is 942. The molecule has 1 fully saturated rings. The number of hydrogen-bond acceptors (Lipinski definition) is 3. The van der Waals surface area contributed by atoms with E-state index in [1.807, 2.05) is 36.1 Å². The molecule has 2 aromatic rings. The first kappa shape index (κ1) is 14.9. The first-order valence-electron chi connectivity index (χ1n) is 9.12. The molecule has 0 unspecified atom stereocenters. The highest BCUT2D eigenvalue weighted by molar-refractivity contribution is 6.38. The molecule has 5 rings (SSSR count). The summed E-state index contributed by atoms with van der Waals surface area (Å²) in [5.41, 5.74) is 2.85. The Morgan fingerprint density at radius 3 is 2.76 bits per heavy atom. The third-order valence-electron chi connectivity index (χ3n) is 6.29. The van der Waals surface area contributed by atoms with E-state index in [1.54, 1.807) is 4.57 Å². The van der Waals surface area contributed by atoms with Crippen LogP contribution in [0, 0.1) is 11.8 Å². The van der Waals surface area contributed by atoms with Crippen molar-refractivity contribution in [1.29, 1.82) is 0 Å². The van der Waals surface area contributed by atoms with Crippen LogP contribution in [-0.2, 0) is 16.0 Å². The minimum absolute atomic E-state index is 0.0263. The van der Waals surface area contributed by atoms with Gasteiger partial charge in [0.25, 0.3) is 5.91 Å². The van der Waals surface area contributed by atoms with Crippen molar-refractivity contribution in [3.63, 3.8) is 0 Å². The molecular weight excluding hydrogens is 316 g/mol. The van der Waals surface area contributed by atoms with E-state index in [4.69, 9.17) is 0 Å². The summed E-state index contributed by atoms with van der Waals surface area (Å²) in [6.45, 7) is 2.71. The van der Waals surface area contributed by atoms with Crippen LogP contribution in [0.2, 0.25) is 0 Å². The van der Waals surface area contributed by atoms with Gasteiger partial charge in [-0.05, 0) is 36.8 Å². The molecule has 25 heavy (non-hydrogen) atoms. The largest absolute Gasteiger partial charge is 0.333 e. The average Bonchev–Trinajstić information content (AvgIpc) is 2.92. The Morgan fingerprint density at radius 1 is 1.16 bits per heavy atom. The van der Waals surface area contributed by atoms with Crippen molar-refractivity contribution in [2.24, 2.45) is 11.8 Å². The van der Waals surface area contributed by atoms with Crippen molar-refractivity contribution in [1.82, 2.24) is 9.47 Å². The highest BCUT2D eigenvalue weighted by Crippen LogP contribution is 2.48. The van der Waals surface area contributed by atoms with Gasteiger partial charge in [-0.1, -0.05) is 25.1 Å². The third-order valence-corrected chi connectivity index (χ3v) is 6.29. The monoisotopic (exact) mass is 336 g/mol. The normalized spacial score (nSPS) is 28.3. The Kier molecular flexibility index (Phi) is 3.00. The van der Waals surface area contributed by atoms with Crippen LogP contribution in [0.3, 0.4) is 0 Å². The molecular formula is C20H20N2O3. The van der Waals surface area contributed by atoms with Gasteiger partial charge in [0.1, 0.15) is 0 Å². The Morgan fingerprint density at radius 2 is 1.96 bits per heavy atom. The standard InChI is InChI=1S/C20H20N2O3/c1-2-11-9-12-10-16(23)20(25)22-15-6-4-3-5-13(15)14-7-8-21(19(11)24)17(12)18(14)22/h3-6,11-12,17H,2,7-10H2,1H3/t11-,12-,17-/m1/s1. The number of hydrogen-bond donors (Lipinski definition) is 0. The third kappa shape index (κ3) is 1.81. The number of fused-ring (bicyclic) bond motifs is 3. The summed E-state index contributed by atoms with van der Waals surface area (Å²) in [6, 6.07) is 7.65. The molecule has 5 heteroatoms. The van der Waals surface area contributed by atoms with Crippen LogP contribution in [0.1, 0.15) is 48.3 Å². The molecule has 0 spiro atoms. The number of ketones is 1. The second-order valence-corrected chi connectivity index (χ2v) is 7.48. The van der Waals surface area contributed by atoms with Gasteiger partial charge in [-0.2, -0.15) is 0 Å². The Balaban J connectivity index is 1.82. The number of Topliss-reactive ketones (excluding diaryl/α,β-unsaturated/α-hetero) is 1. The Labute approximate surface area is 145 Å². The molecule has 5 nitrogen and oxygen atoms in total.